The fourth-order valence-electron chi connectivity index (χ4n) is 2.25. The number of amides is 1. The number of carbonyl (C=O) groups excluding carboxylic acids is 1. The number of hydrogen-bond donors (Lipinski definition) is 2. The zero-order valence-corrected chi connectivity index (χ0v) is 15.4. The predicted molar refractivity (Wildman–Crippen MR) is 101 cm³/mol. The number of anilines is 1. The number of rotatable bonds is 4. The van der Waals surface area contributed by atoms with E-state index < -0.39 is 0 Å². The lowest BCUT2D eigenvalue weighted by Gasteiger charge is -2.11. The number of imidazole rings is 1. The highest BCUT2D eigenvalue weighted by Gasteiger charge is 2.17. The Morgan fingerprint density at radius 1 is 1.21 bits per heavy atom. The largest absolute Gasteiger partial charge is 0.333 e. The number of carbonyl (C=O) groups is 1. The molecule has 1 aromatic heterocycles. The van der Waals surface area contributed by atoms with Crippen molar-refractivity contribution in [3.63, 3.8) is 0 Å². The summed E-state index contributed by atoms with van der Waals surface area (Å²) < 4.78 is 0. The summed E-state index contributed by atoms with van der Waals surface area (Å²) in [7, 11) is 0. The molecule has 0 radical (unpaired) electrons. The van der Waals surface area contributed by atoms with E-state index in [1.165, 1.54) is 11.8 Å². The molecule has 0 aliphatic carbocycles. The van der Waals surface area contributed by atoms with Gasteiger partial charge in [-0.15, -0.1) is 0 Å². The predicted octanol–water partition coefficient (Wildman–Crippen LogP) is 5.30. The number of aromatic nitrogens is 2. The van der Waals surface area contributed by atoms with Crippen LogP contribution in [0.3, 0.4) is 0 Å². The van der Waals surface area contributed by atoms with E-state index in [4.69, 9.17) is 23.2 Å². The monoisotopic (exact) mass is 379 g/mol. The number of H-pyrrole nitrogens is 1. The molecule has 0 fully saturated rings. The number of nitrogens with zero attached hydrogens (tertiary/aromatic N) is 1. The van der Waals surface area contributed by atoms with Crippen LogP contribution >= 0.6 is 35.0 Å². The third kappa shape index (κ3) is 4.04. The van der Waals surface area contributed by atoms with Gasteiger partial charge in [-0.2, -0.15) is 0 Å². The van der Waals surface area contributed by atoms with E-state index in [0.29, 0.717) is 20.9 Å². The summed E-state index contributed by atoms with van der Waals surface area (Å²) in [6.45, 7) is 3.85. The van der Waals surface area contributed by atoms with Gasteiger partial charge < -0.3 is 10.3 Å². The summed E-state index contributed by atoms with van der Waals surface area (Å²) in [5.74, 6) is -0.144. The average molecular weight is 380 g/mol. The lowest BCUT2D eigenvalue weighted by Crippen LogP contribution is -2.22. The Bertz CT molecular complexity index is 890. The Morgan fingerprint density at radius 3 is 2.62 bits per heavy atom. The highest BCUT2D eigenvalue weighted by atomic mass is 35.5. The molecule has 7 heteroatoms. The average Bonchev–Trinajstić information content (AvgIpc) is 2.87. The van der Waals surface area contributed by atoms with Crippen molar-refractivity contribution in [2.75, 3.05) is 5.32 Å². The normalized spacial score (nSPS) is 12.3. The summed E-state index contributed by atoms with van der Waals surface area (Å²) in [6, 6.07) is 10.9. The van der Waals surface area contributed by atoms with Gasteiger partial charge in [-0.1, -0.05) is 41.0 Å². The standard InChI is InChI=1S/C17H15Cl2N3OS/c1-9-3-4-14-15(5-9)22-17(21-14)24-10(2)16(23)20-13-7-11(18)6-12(19)8-13/h3-8,10H,1-2H3,(H,20,23)(H,21,22)/t10-/m0/s1. The summed E-state index contributed by atoms with van der Waals surface area (Å²) in [4.78, 5) is 20.1. The molecule has 2 N–H and O–H groups in total. The summed E-state index contributed by atoms with van der Waals surface area (Å²) >= 11 is 13.3. The molecule has 0 spiro atoms. The topological polar surface area (TPSA) is 57.8 Å². The maximum absolute atomic E-state index is 12.3. The minimum absolute atomic E-state index is 0.144. The van der Waals surface area contributed by atoms with Crippen LogP contribution in [0.15, 0.2) is 41.6 Å². The van der Waals surface area contributed by atoms with Crippen molar-refractivity contribution < 1.29 is 4.79 Å². The Hall–Kier alpha value is -1.69. The molecular formula is C17H15Cl2N3OS. The van der Waals surface area contributed by atoms with Crippen molar-refractivity contribution in [3.8, 4) is 0 Å². The quantitative estimate of drug-likeness (QED) is 0.604. The number of halogens is 2. The lowest BCUT2D eigenvalue weighted by atomic mass is 10.2. The van der Waals surface area contributed by atoms with E-state index >= 15 is 0 Å². The van der Waals surface area contributed by atoms with E-state index in [1.54, 1.807) is 18.2 Å². The van der Waals surface area contributed by atoms with Crippen LogP contribution in [0.2, 0.25) is 10.0 Å². The number of fused-ring (bicyclic) bond motifs is 1. The van der Waals surface area contributed by atoms with Crippen molar-refractivity contribution >= 4 is 57.6 Å². The van der Waals surface area contributed by atoms with E-state index in [2.05, 4.69) is 15.3 Å². The van der Waals surface area contributed by atoms with Gasteiger partial charge in [-0.25, -0.2) is 4.98 Å². The van der Waals surface area contributed by atoms with Gasteiger partial charge in [-0.3, -0.25) is 4.79 Å². The van der Waals surface area contributed by atoms with Gasteiger partial charge >= 0.3 is 0 Å². The number of aryl methyl sites for hydroxylation is 1. The van der Waals surface area contributed by atoms with Gasteiger partial charge in [0.2, 0.25) is 5.91 Å². The van der Waals surface area contributed by atoms with E-state index in [-0.39, 0.29) is 11.2 Å². The fourth-order valence-corrected chi connectivity index (χ4v) is 3.59. The Labute approximate surface area is 153 Å². The highest BCUT2D eigenvalue weighted by molar-refractivity contribution is 8.00. The molecule has 1 amide bonds. The second-order valence-corrected chi connectivity index (χ2v) is 7.67. The van der Waals surface area contributed by atoms with Gasteiger partial charge in [0.15, 0.2) is 5.16 Å². The maximum atomic E-state index is 12.3. The molecule has 3 rings (SSSR count). The first-order chi connectivity index (χ1) is 11.4. The van der Waals surface area contributed by atoms with Crippen molar-refractivity contribution in [2.24, 2.45) is 0 Å². The van der Waals surface area contributed by atoms with Gasteiger partial charge in [-0.05, 0) is 49.7 Å². The van der Waals surface area contributed by atoms with Crippen molar-refractivity contribution in [1.82, 2.24) is 9.97 Å². The Kier molecular flexibility index (Phi) is 5.04. The molecule has 0 unspecified atom stereocenters. The molecule has 1 atom stereocenters. The van der Waals surface area contributed by atoms with Gasteiger partial charge in [0.25, 0.3) is 0 Å². The highest BCUT2D eigenvalue weighted by Crippen LogP contribution is 2.26. The van der Waals surface area contributed by atoms with Gasteiger partial charge in [0.1, 0.15) is 0 Å². The van der Waals surface area contributed by atoms with Crippen LogP contribution in [0, 0.1) is 6.92 Å². The number of thioether (sulfide) groups is 1. The lowest BCUT2D eigenvalue weighted by molar-refractivity contribution is -0.115. The van der Waals surface area contributed by atoms with Crippen LogP contribution in [0.5, 0.6) is 0 Å². The smallest absolute Gasteiger partial charge is 0.237 e. The van der Waals surface area contributed by atoms with Crippen LogP contribution in [-0.4, -0.2) is 21.1 Å². The zero-order chi connectivity index (χ0) is 17.3. The molecule has 0 saturated carbocycles. The minimum Gasteiger partial charge on any atom is -0.333 e. The number of benzene rings is 2. The first-order valence-corrected chi connectivity index (χ1v) is 8.94. The summed E-state index contributed by atoms with van der Waals surface area (Å²) in [5.41, 5.74) is 3.58. The minimum atomic E-state index is -0.329. The van der Waals surface area contributed by atoms with Gasteiger partial charge in [0.05, 0.1) is 16.3 Å². The Balaban J connectivity index is 1.70. The molecule has 0 bridgehead atoms. The molecule has 24 heavy (non-hydrogen) atoms. The van der Waals surface area contributed by atoms with Crippen LogP contribution in [0.4, 0.5) is 5.69 Å². The van der Waals surface area contributed by atoms with Crippen molar-refractivity contribution in [2.45, 2.75) is 24.3 Å². The first-order valence-electron chi connectivity index (χ1n) is 7.31. The molecule has 0 saturated heterocycles. The van der Waals surface area contributed by atoms with Crippen molar-refractivity contribution in [1.29, 1.82) is 0 Å². The maximum Gasteiger partial charge on any atom is 0.237 e. The molecule has 2 aromatic carbocycles. The third-order valence-corrected chi connectivity index (χ3v) is 4.82. The number of aromatic amines is 1. The molecule has 124 valence electrons. The molecule has 4 nitrogen and oxygen atoms in total. The van der Waals surface area contributed by atoms with Crippen LogP contribution < -0.4 is 5.32 Å². The second-order valence-electron chi connectivity index (χ2n) is 5.47. The molecule has 3 aromatic rings. The van der Waals surface area contributed by atoms with E-state index in [0.717, 1.165) is 16.6 Å². The third-order valence-electron chi connectivity index (χ3n) is 3.40. The molecule has 0 aliphatic heterocycles. The Morgan fingerprint density at radius 2 is 1.92 bits per heavy atom. The number of nitrogens with one attached hydrogen (secondary N) is 2. The summed E-state index contributed by atoms with van der Waals surface area (Å²) in [6.07, 6.45) is 0. The molecular weight excluding hydrogens is 365 g/mol. The van der Waals surface area contributed by atoms with E-state index in [9.17, 15) is 4.79 Å². The molecule has 1 heterocycles. The fraction of sp³-hybridized carbons (Fsp3) is 0.176. The SMILES string of the molecule is Cc1ccc2nc(S[C@@H](C)C(=O)Nc3cc(Cl)cc(Cl)c3)[nH]c2c1. The second kappa shape index (κ2) is 7.05. The van der Waals surface area contributed by atoms with Crippen molar-refractivity contribution in [3.05, 3.63) is 52.0 Å². The summed E-state index contributed by atoms with van der Waals surface area (Å²) in [5, 5.41) is 4.15. The van der Waals surface area contributed by atoms with Crippen LogP contribution in [0.1, 0.15) is 12.5 Å². The van der Waals surface area contributed by atoms with E-state index in [1.807, 2.05) is 32.0 Å². The number of hydrogen-bond acceptors (Lipinski definition) is 3. The zero-order valence-electron chi connectivity index (χ0n) is 13.1. The van der Waals surface area contributed by atoms with Crippen LogP contribution in [-0.2, 0) is 4.79 Å². The first kappa shape index (κ1) is 17.1. The molecule has 0 aliphatic rings. The van der Waals surface area contributed by atoms with Crippen LogP contribution in [0.25, 0.3) is 11.0 Å². The van der Waals surface area contributed by atoms with Gasteiger partial charge in [0, 0.05) is 15.7 Å².